The van der Waals surface area contributed by atoms with Crippen molar-refractivity contribution < 1.29 is 14.3 Å². The first kappa shape index (κ1) is 20.2. The highest BCUT2D eigenvalue weighted by Crippen LogP contribution is 2.25. The predicted molar refractivity (Wildman–Crippen MR) is 104 cm³/mol. The molecule has 27 heavy (non-hydrogen) atoms. The second-order valence-corrected chi connectivity index (χ2v) is 8.09. The zero-order valence-electron chi connectivity index (χ0n) is 16.3. The highest BCUT2D eigenvalue weighted by atomic mass is 19.1. The van der Waals surface area contributed by atoms with Gasteiger partial charge in [0.05, 0.1) is 0 Å². The number of carbonyl (C=O) groups excluding carboxylic acids is 1. The minimum Gasteiger partial charge on any atom is -0.396 e. The first-order valence-electron chi connectivity index (χ1n) is 10.1. The number of aryl methyl sites for hydroxylation is 1. The van der Waals surface area contributed by atoms with E-state index in [2.05, 4.69) is 16.8 Å². The molecule has 2 saturated heterocycles. The Morgan fingerprint density at radius 1 is 1.19 bits per heavy atom. The van der Waals surface area contributed by atoms with Crippen LogP contribution in [-0.2, 0) is 11.2 Å². The summed E-state index contributed by atoms with van der Waals surface area (Å²) >= 11 is 0. The van der Waals surface area contributed by atoms with Crippen LogP contribution in [0.3, 0.4) is 0 Å². The molecule has 0 aromatic heterocycles. The van der Waals surface area contributed by atoms with Crippen molar-refractivity contribution in [2.75, 3.05) is 59.5 Å². The lowest BCUT2D eigenvalue weighted by atomic mass is 9.96. The summed E-state index contributed by atoms with van der Waals surface area (Å²) in [5, 5.41) is 9.80. The predicted octanol–water partition coefficient (Wildman–Crippen LogP) is 1.46. The van der Waals surface area contributed by atoms with Gasteiger partial charge in [0.15, 0.2) is 0 Å². The Morgan fingerprint density at radius 2 is 2.00 bits per heavy atom. The minimum absolute atomic E-state index is 0.107. The van der Waals surface area contributed by atoms with Crippen LogP contribution >= 0.6 is 0 Å². The van der Waals surface area contributed by atoms with Crippen LogP contribution in [0.15, 0.2) is 24.3 Å². The van der Waals surface area contributed by atoms with Gasteiger partial charge in [-0.25, -0.2) is 4.39 Å². The van der Waals surface area contributed by atoms with E-state index in [1.54, 1.807) is 6.07 Å². The molecule has 2 aliphatic rings. The van der Waals surface area contributed by atoms with E-state index in [4.69, 9.17) is 0 Å². The molecule has 1 aromatic carbocycles. The standard InChI is InChI=1S/C21H32FN3O2/c1-23-8-3-9-24(11-10-23)13-18-14-25(15-19(18)16-26)21(27)7-6-17-4-2-5-20(22)12-17/h2,4-5,12,18-19,26H,3,6-11,13-16H2,1H3/t18-,19-/m1/s1. The van der Waals surface area contributed by atoms with E-state index in [0.29, 0.717) is 25.3 Å². The van der Waals surface area contributed by atoms with E-state index in [-0.39, 0.29) is 24.2 Å². The van der Waals surface area contributed by atoms with Gasteiger partial charge in [-0.1, -0.05) is 12.1 Å². The van der Waals surface area contributed by atoms with Gasteiger partial charge in [0.1, 0.15) is 5.82 Å². The van der Waals surface area contributed by atoms with Crippen LogP contribution in [0.25, 0.3) is 0 Å². The Hall–Kier alpha value is -1.50. The van der Waals surface area contributed by atoms with Crippen molar-refractivity contribution in [3.63, 3.8) is 0 Å². The fourth-order valence-electron chi connectivity index (χ4n) is 4.27. The number of benzene rings is 1. The Kier molecular flexibility index (Phi) is 7.21. The van der Waals surface area contributed by atoms with E-state index in [9.17, 15) is 14.3 Å². The monoisotopic (exact) mass is 377 g/mol. The third-order valence-electron chi connectivity index (χ3n) is 5.99. The molecule has 150 valence electrons. The molecule has 3 rings (SSSR count). The molecule has 0 saturated carbocycles. The van der Waals surface area contributed by atoms with Crippen LogP contribution < -0.4 is 0 Å². The van der Waals surface area contributed by atoms with Crippen molar-refractivity contribution in [3.05, 3.63) is 35.6 Å². The van der Waals surface area contributed by atoms with Gasteiger partial charge in [-0.15, -0.1) is 0 Å². The number of aliphatic hydroxyl groups is 1. The van der Waals surface area contributed by atoms with Crippen LogP contribution in [-0.4, -0.2) is 85.2 Å². The lowest BCUT2D eigenvalue weighted by Crippen LogP contribution is -2.36. The molecule has 0 spiro atoms. The van der Waals surface area contributed by atoms with Gasteiger partial charge in [0, 0.05) is 51.7 Å². The van der Waals surface area contributed by atoms with Crippen molar-refractivity contribution in [2.24, 2.45) is 11.8 Å². The average Bonchev–Trinajstić information content (AvgIpc) is 2.95. The van der Waals surface area contributed by atoms with E-state index in [1.165, 1.54) is 18.6 Å². The van der Waals surface area contributed by atoms with Crippen LogP contribution in [0, 0.1) is 17.7 Å². The Morgan fingerprint density at radius 3 is 2.78 bits per heavy atom. The first-order valence-corrected chi connectivity index (χ1v) is 10.1. The molecule has 1 aromatic rings. The largest absolute Gasteiger partial charge is 0.396 e. The molecule has 2 fully saturated rings. The SMILES string of the molecule is CN1CCCN(C[C@@H]2CN(C(=O)CCc3cccc(F)c3)C[C@@H]2CO)CC1. The molecular weight excluding hydrogens is 345 g/mol. The number of rotatable bonds is 6. The van der Waals surface area contributed by atoms with Gasteiger partial charge in [-0.2, -0.15) is 0 Å². The van der Waals surface area contributed by atoms with Crippen LogP contribution in [0.5, 0.6) is 0 Å². The third-order valence-corrected chi connectivity index (χ3v) is 5.99. The van der Waals surface area contributed by atoms with Gasteiger partial charge in [0.25, 0.3) is 0 Å². The zero-order valence-corrected chi connectivity index (χ0v) is 16.3. The molecule has 1 amide bonds. The van der Waals surface area contributed by atoms with Gasteiger partial charge in [-0.3, -0.25) is 4.79 Å². The minimum atomic E-state index is -0.260. The molecule has 6 heteroatoms. The lowest BCUT2D eigenvalue weighted by Gasteiger charge is -2.26. The number of likely N-dealkylation sites (tertiary alicyclic amines) is 1. The second kappa shape index (κ2) is 9.62. The van der Waals surface area contributed by atoms with Crippen molar-refractivity contribution in [2.45, 2.75) is 19.3 Å². The highest BCUT2D eigenvalue weighted by molar-refractivity contribution is 5.76. The van der Waals surface area contributed by atoms with E-state index in [1.807, 2.05) is 11.0 Å². The van der Waals surface area contributed by atoms with Gasteiger partial charge in [0.2, 0.25) is 5.91 Å². The van der Waals surface area contributed by atoms with Gasteiger partial charge >= 0.3 is 0 Å². The molecule has 0 aliphatic carbocycles. The Balaban J connectivity index is 1.51. The topological polar surface area (TPSA) is 47.0 Å². The van der Waals surface area contributed by atoms with Crippen molar-refractivity contribution in [1.82, 2.24) is 14.7 Å². The van der Waals surface area contributed by atoms with Crippen LogP contribution in [0.4, 0.5) is 4.39 Å². The number of amides is 1. The maximum atomic E-state index is 13.3. The summed E-state index contributed by atoms with van der Waals surface area (Å²) in [5.74, 6) is 0.334. The number of nitrogens with zero attached hydrogens (tertiary/aromatic N) is 3. The van der Waals surface area contributed by atoms with Crippen molar-refractivity contribution in [3.8, 4) is 0 Å². The molecule has 2 atom stereocenters. The van der Waals surface area contributed by atoms with Crippen LogP contribution in [0.1, 0.15) is 18.4 Å². The third kappa shape index (κ3) is 5.74. The number of likely N-dealkylation sites (N-methyl/N-ethyl adjacent to an activating group) is 1. The summed E-state index contributed by atoms with van der Waals surface area (Å²) < 4.78 is 13.3. The molecule has 5 nitrogen and oxygen atoms in total. The van der Waals surface area contributed by atoms with Gasteiger partial charge in [-0.05, 0) is 56.6 Å². The smallest absolute Gasteiger partial charge is 0.222 e. The van der Waals surface area contributed by atoms with E-state index in [0.717, 1.165) is 44.8 Å². The maximum absolute atomic E-state index is 13.3. The molecule has 0 radical (unpaired) electrons. The zero-order chi connectivity index (χ0) is 19.2. The summed E-state index contributed by atoms with van der Waals surface area (Å²) in [4.78, 5) is 19.4. The lowest BCUT2D eigenvalue weighted by molar-refractivity contribution is -0.130. The summed E-state index contributed by atoms with van der Waals surface area (Å²) in [6.45, 7) is 6.79. The van der Waals surface area contributed by atoms with Gasteiger partial charge < -0.3 is 19.8 Å². The van der Waals surface area contributed by atoms with E-state index >= 15 is 0 Å². The molecule has 2 aliphatic heterocycles. The first-order chi connectivity index (χ1) is 13.0. The Bertz CT molecular complexity index is 627. The summed E-state index contributed by atoms with van der Waals surface area (Å²) in [6.07, 6.45) is 2.12. The normalized spacial score (nSPS) is 24.9. The highest BCUT2D eigenvalue weighted by Gasteiger charge is 2.35. The number of hydrogen-bond acceptors (Lipinski definition) is 4. The Labute approximate surface area is 161 Å². The van der Waals surface area contributed by atoms with E-state index < -0.39 is 0 Å². The fourth-order valence-corrected chi connectivity index (χ4v) is 4.27. The maximum Gasteiger partial charge on any atom is 0.222 e. The molecule has 0 unspecified atom stereocenters. The molecule has 0 bridgehead atoms. The molecular formula is C21H32FN3O2. The average molecular weight is 378 g/mol. The molecule has 1 N–H and O–H groups in total. The van der Waals surface area contributed by atoms with Crippen LogP contribution in [0.2, 0.25) is 0 Å². The number of carbonyl (C=O) groups is 1. The molecule has 2 heterocycles. The fraction of sp³-hybridized carbons (Fsp3) is 0.667. The second-order valence-electron chi connectivity index (χ2n) is 8.09. The number of aliphatic hydroxyl groups excluding tert-OH is 1. The summed E-state index contributed by atoms with van der Waals surface area (Å²) in [7, 11) is 2.16. The van der Waals surface area contributed by atoms with Crippen molar-refractivity contribution in [1.29, 1.82) is 0 Å². The number of halogens is 1. The number of hydrogen-bond donors (Lipinski definition) is 1. The quantitative estimate of drug-likeness (QED) is 0.816. The summed E-state index contributed by atoms with van der Waals surface area (Å²) in [6, 6.07) is 6.45. The van der Waals surface area contributed by atoms with Crippen molar-refractivity contribution >= 4 is 5.91 Å². The summed E-state index contributed by atoms with van der Waals surface area (Å²) in [5.41, 5.74) is 0.853.